The average molecular weight is 411 g/mol. The molecule has 1 N–H and O–H groups in total. The largest absolute Gasteiger partial charge is 0.380 e. The number of benzene rings is 1. The number of halogens is 3. The summed E-state index contributed by atoms with van der Waals surface area (Å²) in [5.74, 6) is -3.25. The van der Waals surface area contributed by atoms with Gasteiger partial charge in [0.1, 0.15) is 5.82 Å². The summed E-state index contributed by atoms with van der Waals surface area (Å²) in [6.45, 7) is 2.91. The smallest absolute Gasteiger partial charge is 0.177 e. The number of aromatic amines is 1. The summed E-state index contributed by atoms with van der Waals surface area (Å²) in [7, 11) is 2.11. The van der Waals surface area contributed by atoms with Gasteiger partial charge in [0.25, 0.3) is 0 Å². The van der Waals surface area contributed by atoms with Gasteiger partial charge >= 0.3 is 0 Å². The molecule has 28 heavy (non-hydrogen) atoms. The molecule has 4 rings (SSSR count). The van der Waals surface area contributed by atoms with E-state index in [1.807, 2.05) is 4.57 Å². The first-order chi connectivity index (χ1) is 13.5. The number of hydrogen-bond donors (Lipinski definition) is 1. The highest BCUT2D eigenvalue weighted by Crippen LogP contribution is 2.35. The van der Waals surface area contributed by atoms with Crippen molar-refractivity contribution < 1.29 is 17.9 Å². The van der Waals surface area contributed by atoms with Crippen molar-refractivity contribution in [2.24, 2.45) is 0 Å². The van der Waals surface area contributed by atoms with Crippen LogP contribution in [0.2, 0.25) is 0 Å². The molecule has 8 heteroatoms. The van der Waals surface area contributed by atoms with E-state index in [0.29, 0.717) is 23.8 Å². The summed E-state index contributed by atoms with van der Waals surface area (Å²) in [6.07, 6.45) is 3.27. The molecule has 2 atom stereocenters. The summed E-state index contributed by atoms with van der Waals surface area (Å²) < 4.78 is 49.9. The van der Waals surface area contributed by atoms with Crippen LogP contribution in [0.15, 0.2) is 12.1 Å². The molecular weight excluding hydrogens is 387 g/mol. The molecule has 2 aromatic rings. The molecule has 4 nitrogen and oxygen atoms in total. The topological polar surface area (TPSA) is 33.2 Å². The molecule has 3 heterocycles. The first-order valence-electron chi connectivity index (χ1n) is 9.67. The van der Waals surface area contributed by atoms with Gasteiger partial charge < -0.3 is 19.2 Å². The van der Waals surface area contributed by atoms with Gasteiger partial charge in [-0.3, -0.25) is 0 Å². The molecule has 1 saturated heterocycles. The number of hydrogen-bond acceptors (Lipinski definition) is 3. The monoisotopic (exact) mass is 411 g/mol. The minimum Gasteiger partial charge on any atom is -0.380 e. The fourth-order valence-corrected chi connectivity index (χ4v) is 4.68. The van der Waals surface area contributed by atoms with Crippen LogP contribution in [-0.2, 0) is 24.1 Å². The maximum Gasteiger partial charge on any atom is 0.177 e. The van der Waals surface area contributed by atoms with Crippen molar-refractivity contribution >= 4 is 12.2 Å². The number of rotatable bonds is 6. The van der Waals surface area contributed by atoms with E-state index >= 15 is 0 Å². The quantitative estimate of drug-likeness (QED) is 0.577. The van der Waals surface area contributed by atoms with Crippen LogP contribution in [0.4, 0.5) is 13.2 Å². The Morgan fingerprint density at radius 2 is 2.07 bits per heavy atom. The number of imidazole rings is 1. The number of aromatic nitrogens is 2. The molecule has 0 aliphatic carbocycles. The average Bonchev–Trinajstić information content (AvgIpc) is 3.38. The molecule has 1 aromatic heterocycles. The van der Waals surface area contributed by atoms with Crippen molar-refractivity contribution in [3.8, 4) is 0 Å². The minimum atomic E-state index is -1.09. The zero-order valence-electron chi connectivity index (χ0n) is 15.8. The molecule has 152 valence electrons. The number of likely N-dealkylation sites (N-methyl/N-ethyl adjacent to an activating group) is 1. The summed E-state index contributed by atoms with van der Waals surface area (Å²) in [5, 5.41) is 0. The molecule has 0 saturated carbocycles. The lowest BCUT2D eigenvalue weighted by molar-refractivity contribution is 0.158. The molecule has 0 bridgehead atoms. The summed E-state index contributed by atoms with van der Waals surface area (Å²) >= 11 is 5.40. The molecule has 1 aromatic carbocycles. The highest BCUT2D eigenvalue weighted by molar-refractivity contribution is 7.71. The Morgan fingerprint density at radius 3 is 2.82 bits per heavy atom. The van der Waals surface area contributed by atoms with E-state index in [1.54, 1.807) is 0 Å². The van der Waals surface area contributed by atoms with Crippen LogP contribution in [-0.4, -0.2) is 47.3 Å². The number of nitrogens with one attached hydrogen (secondary N) is 1. The van der Waals surface area contributed by atoms with Gasteiger partial charge in [-0.2, -0.15) is 0 Å². The molecular formula is C20H24F3N3OS. The highest BCUT2D eigenvalue weighted by atomic mass is 32.1. The highest BCUT2D eigenvalue weighted by Gasteiger charge is 2.31. The Bertz CT molecular complexity index is 920. The summed E-state index contributed by atoms with van der Waals surface area (Å²) in [4.78, 5) is 5.56. The number of aryl methyl sites for hydroxylation is 1. The summed E-state index contributed by atoms with van der Waals surface area (Å²) in [6, 6.07) is 2.29. The van der Waals surface area contributed by atoms with Gasteiger partial charge in [-0.1, -0.05) is 0 Å². The van der Waals surface area contributed by atoms with Crippen molar-refractivity contribution in [3.63, 3.8) is 0 Å². The lowest BCUT2D eigenvalue weighted by Crippen LogP contribution is -2.32. The zero-order chi connectivity index (χ0) is 19.8. The predicted octanol–water partition coefficient (Wildman–Crippen LogP) is 3.96. The standard InChI is InChI=1S/C20H24F3N3OS/c1-25(13-6-8-27-11-13)7-2-3-16-17-9-12(10-26(17)20(28)24-16)18-14(21)4-5-15(22)19(18)23/h4-5,12-13H,2-3,6-11H2,1H3,(H,24,28). The van der Waals surface area contributed by atoms with Crippen LogP contribution in [0.3, 0.4) is 0 Å². The fourth-order valence-electron chi connectivity index (χ4n) is 4.37. The molecule has 2 unspecified atom stereocenters. The van der Waals surface area contributed by atoms with E-state index in [2.05, 4.69) is 16.9 Å². The number of ether oxygens (including phenoxy) is 1. The second-order valence-electron chi connectivity index (χ2n) is 7.73. The Morgan fingerprint density at radius 1 is 1.29 bits per heavy atom. The van der Waals surface area contributed by atoms with Crippen LogP contribution in [0.5, 0.6) is 0 Å². The van der Waals surface area contributed by atoms with Crippen molar-refractivity contribution in [2.75, 3.05) is 26.8 Å². The SMILES string of the molecule is CN(CCCc1[nH]c(=S)n2c1CC(c1c(F)ccc(F)c1F)C2)C1CCOC1. The number of nitrogens with zero attached hydrogens (tertiary/aromatic N) is 2. The predicted molar refractivity (Wildman–Crippen MR) is 103 cm³/mol. The normalized spacial score (nSPS) is 21.6. The minimum absolute atomic E-state index is 0.176. The Labute approximate surface area is 167 Å². The molecule has 0 radical (unpaired) electrons. The van der Waals surface area contributed by atoms with Gasteiger partial charge in [0.05, 0.1) is 6.61 Å². The van der Waals surface area contributed by atoms with E-state index < -0.39 is 23.4 Å². The van der Waals surface area contributed by atoms with Crippen LogP contribution in [0, 0.1) is 22.2 Å². The van der Waals surface area contributed by atoms with E-state index in [4.69, 9.17) is 17.0 Å². The fraction of sp³-hybridized carbons (Fsp3) is 0.550. The van der Waals surface area contributed by atoms with E-state index in [9.17, 15) is 13.2 Å². The van der Waals surface area contributed by atoms with E-state index in [-0.39, 0.29) is 5.56 Å². The van der Waals surface area contributed by atoms with Gasteiger partial charge in [-0.25, -0.2) is 13.2 Å². The van der Waals surface area contributed by atoms with Crippen LogP contribution < -0.4 is 0 Å². The maximum atomic E-state index is 14.2. The lowest BCUT2D eigenvalue weighted by Gasteiger charge is -2.22. The second-order valence-corrected chi connectivity index (χ2v) is 8.11. The first-order valence-corrected chi connectivity index (χ1v) is 10.1. The zero-order valence-corrected chi connectivity index (χ0v) is 16.6. The maximum absolute atomic E-state index is 14.2. The molecule has 2 aliphatic heterocycles. The van der Waals surface area contributed by atoms with Crippen LogP contribution in [0.25, 0.3) is 0 Å². The van der Waals surface area contributed by atoms with Gasteiger partial charge in [0.2, 0.25) is 0 Å². The van der Waals surface area contributed by atoms with Gasteiger partial charge in [-0.05, 0) is 63.6 Å². The van der Waals surface area contributed by atoms with Crippen molar-refractivity contribution in [1.29, 1.82) is 0 Å². The Hall–Kier alpha value is -1.64. The van der Waals surface area contributed by atoms with Gasteiger partial charge in [0.15, 0.2) is 16.4 Å². The number of fused-ring (bicyclic) bond motifs is 1. The Kier molecular flexibility index (Phi) is 5.62. The summed E-state index contributed by atoms with van der Waals surface area (Å²) in [5.41, 5.74) is 1.82. The van der Waals surface area contributed by atoms with E-state index in [1.165, 1.54) is 0 Å². The first kappa shape index (κ1) is 19.7. The van der Waals surface area contributed by atoms with Crippen molar-refractivity contribution in [3.05, 3.63) is 51.3 Å². The third-order valence-corrected chi connectivity index (χ3v) is 6.30. The van der Waals surface area contributed by atoms with E-state index in [0.717, 1.165) is 62.5 Å². The second kappa shape index (κ2) is 8.00. The third-order valence-electron chi connectivity index (χ3n) is 5.97. The number of H-pyrrole nitrogens is 1. The molecule has 0 amide bonds. The van der Waals surface area contributed by atoms with Crippen molar-refractivity contribution in [2.45, 2.75) is 44.2 Å². The third kappa shape index (κ3) is 3.65. The van der Waals surface area contributed by atoms with Gasteiger partial charge in [-0.15, -0.1) is 0 Å². The lowest BCUT2D eigenvalue weighted by atomic mass is 9.95. The van der Waals surface area contributed by atoms with Gasteiger partial charge in [0, 0.05) is 42.1 Å². The molecule has 2 aliphatic rings. The van der Waals surface area contributed by atoms with Crippen LogP contribution >= 0.6 is 12.2 Å². The molecule has 1 fully saturated rings. The van der Waals surface area contributed by atoms with Crippen molar-refractivity contribution in [1.82, 2.24) is 14.5 Å². The molecule has 0 spiro atoms. The van der Waals surface area contributed by atoms with Crippen LogP contribution in [0.1, 0.15) is 35.7 Å². The Balaban J connectivity index is 1.45.